The lowest BCUT2D eigenvalue weighted by Crippen LogP contribution is -2.25. The van der Waals surface area contributed by atoms with Gasteiger partial charge in [0.15, 0.2) is 5.82 Å². The summed E-state index contributed by atoms with van der Waals surface area (Å²) in [7, 11) is 2.13. The molecular weight excluding hydrogens is 395 g/mol. The molecule has 4 nitrogen and oxygen atoms in total. The quantitative estimate of drug-likeness (QED) is 0.512. The Hall–Kier alpha value is -2.02. The Morgan fingerprint density at radius 1 is 1.21 bits per heavy atom. The molecule has 4 rings (SSSR count). The predicted molar refractivity (Wildman–Crippen MR) is 113 cm³/mol. The molecule has 1 fully saturated rings. The van der Waals surface area contributed by atoms with E-state index in [0.717, 1.165) is 23.4 Å². The Morgan fingerprint density at radius 3 is 2.61 bits per heavy atom. The van der Waals surface area contributed by atoms with Gasteiger partial charge in [-0.1, -0.05) is 17.7 Å². The zero-order chi connectivity index (χ0) is 19.8. The van der Waals surface area contributed by atoms with E-state index in [1.807, 2.05) is 40.4 Å². The number of aromatic nitrogens is 3. The van der Waals surface area contributed by atoms with Crippen molar-refractivity contribution in [3.8, 4) is 17.1 Å². The zero-order valence-electron chi connectivity index (χ0n) is 15.9. The van der Waals surface area contributed by atoms with Crippen molar-refractivity contribution in [2.75, 3.05) is 13.6 Å². The summed E-state index contributed by atoms with van der Waals surface area (Å²) in [5.41, 5.74) is 2.53. The number of rotatable bonds is 6. The fraction of sp³-hybridized carbons (Fsp3) is 0.333. The summed E-state index contributed by atoms with van der Waals surface area (Å²) in [6, 6.07) is 12.9. The minimum Gasteiger partial charge on any atom is -0.302 e. The predicted octanol–water partition coefficient (Wildman–Crippen LogP) is 5.27. The molecule has 0 saturated heterocycles. The van der Waals surface area contributed by atoms with Crippen LogP contribution >= 0.6 is 23.8 Å². The maximum atomic E-state index is 14.0. The van der Waals surface area contributed by atoms with Crippen LogP contribution in [0.15, 0.2) is 42.5 Å². The Kier molecular flexibility index (Phi) is 5.36. The first-order chi connectivity index (χ1) is 13.4. The van der Waals surface area contributed by atoms with Gasteiger partial charge in [-0.3, -0.25) is 4.57 Å². The number of likely N-dealkylation sites (N-methyl/N-ethyl adjacent to an activating group) is 1. The maximum absolute atomic E-state index is 14.0. The molecule has 0 atom stereocenters. The molecule has 1 saturated carbocycles. The van der Waals surface area contributed by atoms with Gasteiger partial charge < -0.3 is 4.90 Å². The number of nitrogens with zero attached hydrogens (tertiary/aromatic N) is 4. The van der Waals surface area contributed by atoms with Crippen LogP contribution in [-0.4, -0.2) is 38.9 Å². The molecule has 2 aromatic carbocycles. The minimum absolute atomic E-state index is 0.294. The van der Waals surface area contributed by atoms with Crippen molar-refractivity contribution in [3.05, 3.63) is 63.6 Å². The molecule has 0 bridgehead atoms. The van der Waals surface area contributed by atoms with Gasteiger partial charge in [-0.25, -0.2) is 9.07 Å². The third-order valence-electron chi connectivity index (χ3n) is 5.20. The fourth-order valence-corrected chi connectivity index (χ4v) is 3.79. The molecule has 7 heteroatoms. The fourth-order valence-electron chi connectivity index (χ4n) is 3.34. The van der Waals surface area contributed by atoms with Crippen LogP contribution in [-0.2, 0) is 6.54 Å². The second-order valence-electron chi connectivity index (χ2n) is 7.31. The summed E-state index contributed by atoms with van der Waals surface area (Å²) in [6.45, 7) is 3.51. The zero-order valence-corrected chi connectivity index (χ0v) is 17.5. The highest BCUT2D eigenvalue weighted by Crippen LogP contribution is 2.28. The SMILES string of the molecule is Cc1ccc(F)cc1-c1nn(CCN(C)C2CC2)c(=S)n1-c1ccc(Cl)cc1. The van der Waals surface area contributed by atoms with Gasteiger partial charge in [0.1, 0.15) is 5.82 Å². The average Bonchev–Trinajstić information content (AvgIpc) is 3.47. The Morgan fingerprint density at radius 2 is 1.93 bits per heavy atom. The lowest BCUT2D eigenvalue weighted by Gasteiger charge is -2.14. The summed E-state index contributed by atoms with van der Waals surface area (Å²) in [5, 5.41) is 5.43. The van der Waals surface area contributed by atoms with Crippen LogP contribution in [0.4, 0.5) is 4.39 Å². The lowest BCUT2D eigenvalue weighted by molar-refractivity contribution is 0.302. The van der Waals surface area contributed by atoms with E-state index in [1.165, 1.54) is 25.0 Å². The Labute approximate surface area is 174 Å². The van der Waals surface area contributed by atoms with Gasteiger partial charge in [-0.15, -0.1) is 0 Å². The highest BCUT2D eigenvalue weighted by Gasteiger charge is 2.26. The molecule has 28 heavy (non-hydrogen) atoms. The van der Waals surface area contributed by atoms with Gasteiger partial charge >= 0.3 is 0 Å². The van der Waals surface area contributed by atoms with Crippen LogP contribution in [0.1, 0.15) is 18.4 Å². The molecule has 1 aliphatic carbocycles. The van der Waals surface area contributed by atoms with Gasteiger partial charge in [0, 0.05) is 23.2 Å². The Bertz CT molecular complexity index is 1050. The summed E-state index contributed by atoms with van der Waals surface area (Å²) in [4.78, 5) is 2.34. The van der Waals surface area contributed by atoms with Crippen LogP contribution in [0, 0.1) is 17.5 Å². The number of aryl methyl sites for hydroxylation is 1. The largest absolute Gasteiger partial charge is 0.302 e. The van der Waals surface area contributed by atoms with E-state index in [1.54, 1.807) is 6.07 Å². The van der Waals surface area contributed by atoms with Crippen molar-refractivity contribution in [1.82, 2.24) is 19.2 Å². The van der Waals surface area contributed by atoms with Gasteiger partial charge in [-0.05, 0) is 81.0 Å². The van der Waals surface area contributed by atoms with Gasteiger partial charge in [0.05, 0.1) is 12.2 Å². The van der Waals surface area contributed by atoms with Crippen molar-refractivity contribution in [1.29, 1.82) is 0 Å². The topological polar surface area (TPSA) is 26.0 Å². The highest BCUT2D eigenvalue weighted by atomic mass is 35.5. The van der Waals surface area contributed by atoms with Crippen molar-refractivity contribution in [3.63, 3.8) is 0 Å². The number of benzene rings is 2. The lowest BCUT2D eigenvalue weighted by atomic mass is 10.1. The average molecular weight is 417 g/mol. The smallest absolute Gasteiger partial charge is 0.202 e. The van der Waals surface area contributed by atoms with Crippen LogP contribution in [0.5, 0.6) is 0 Å². The van der Waals surface area contributed by atoms with E-state index in [-0.39, 0.29) is 5.82 Å². The standard InChI is InChI=1S/C21H22ClFN4S/c1-14-3-6-16(23)13-19(14)20-24-26(12-11-25(2)17-9-10-17)21(28)27(20)18-7-4-15(22)5-8-18/h3-8,13,17H,9-12H2,1-2H3. The monoisotopic (exact) mass is 416 g/mol. The molecule has 0 spiro atoms. The third kappa shape index (κ3) is 3.90. The number of halogens is 2. The van der Waals surface area contributed by atoms with Crippen molar-refractivity contribution in [2.45, 2.75) is 32.4 Å². The van der Waals surface area contributed by atoms with Gasteiger partial charge in [0.2, 0.25) is 4.77 Å². The molecule has 0 amide bonds. The van der Waals surface area contributed by atoms with Gasteiger partial charge in [-0.2, -0.15) is 5.10 Å². The molecule has 3 aromatic rings. The van der Waals surface area contributed by atoms with Crippen LogP contribution < -0.4 is 0 Å². The van der Waals surface area contributed by atoms with Crippen LogP contribution in [0.3, 0.4) is 0 Å². The first-order valence-corrected chi connectivity index (χ1v) is 10.2. The summed E-state index contributed by atoms with van der Waals surface area (Å²) >= 11 is 11.8. The molecule has 0 radical (unpaired) electrons. The number of hydrogen-bond acceptors (Lipinski definition) is 3. The minimum atomic E-state index is -0.294. The molecule has 146 valence electrons. The van der Waals surface area contributed by atoms with Gasteiger partial charge in [0.25, 0.3) is 0 Å². The van der Waals surface area contributed by atoms with Crippen LogP contribution in [0.2, 0.25) is 5.02 Å². The normalized spacial score (nSPS) is 14.0. The van der Waals surface area contributed by atoms with E-state index in [9.17, 15) is 4.39 Å². The molecule has 0 N–H and O–H groups in total. The molecule has 1 aromatic heterocycles. The number of hydrogen-bond donors (Lipinski definition) is 0. The Balaban J connectivity index is 1.80. The first-order valence-electron chi connectivity index (χ1n) is 9.36. The van der Waals surface area contributed by atoms with E-state index in [2.05, 4.69) is 11.9 Å². The second kappa shape index (κ2) is 7.78. The van der Waals surface area contributed by atoms with Crippen LogP contribution in [0.25, 0.3) is 17.1 Å². The van der Waals surface area contributed by atoms with Crippen molar-refractivity contribution in [2.24, 2.45) is 0 Å². The van der Waals surface area contributed by atoms with Crippen molar-refractivity contribution >= 4 is 23.8 Å². The summed E-state index contributed by atoms with van der Waals surface area (Å²) in [6.07, 6.45) is 2.52. The molecule has 0 aliphatic heterocycles. The van der Waals surface area contributed by atoms with E-state index in [4.69, 9.17) is 28.9 Å². The maximum Gasteiger partial charge on any atom is 0.202 e. The molecule has 1 aliphatic rings. The molecule has 0 unspecified atom stereocenters. The molecule has 1 heterocycles. The van der Waals surface area contributed by atoms with E-state index >= 15 is 0 Å². The molecular formula is C21H22ClFN4S. The highest BCUT2D eigenvalue weighted by molar-refractivity contribution is 7.71. The second-order valence-corrected chi connectivity index (χ2v) is 8.11. The van der Waals surface area contributed by atoms with E-state index < -0.39 is 0 Å². The van der Waals surface area contributed by atoms with E-state index in [0.29, 0.717) is 28.2 Å². The van der Waals surface area contributed by atoms with Crippen molar-refractivity contribution < 1.29 is 4.39 Å². The third-order valence-corrected chi connectivity index (χ3v) is 5.84. The summed E-state index contributed by atoms with van der Waals surface area (Å²) < 4.78 is 18.3. The summed E-state index contributed by atoms with van der Waals surface area (Å²) in [5.74, 6) is 0.343. The first kappa shape index (κ1) is 19.3.